The van der Waals surface area contributed by atoms with Crippen molar-refractivity contribution >= 4 is 27.1 Å². The van der Waals surface area contributed by atoms with Gasteiger partial charge in [-0.15, -0.1) is 11.3 Å². The molecule has 0 aromatic carbocycles. The number of carbonyl (C=O) groups excluding carboxylic acids is 1. The molecule has 7 nitrogen and oxygen atoms in total. The average Bonchev–Trinajstić information content (AvgIpc) is 3.08. The molecule has 0 saturated heterocycles. The summed E-state index contributed by atoms with van der Waals surface area (Å²) in [6.07, 6.45) is 1.90. The number of nitrogens with one attached hydrogen (secondary N) is 1. The molecule has 33 heavy (non-hydrogen) atoms. The number of nitrogens with zero attached hydrogens (tertiary/aromatic N) is 1. The Morgan fingerprint density at radius 1 is 1.39 bits per heavy atom. The zero-order valence-corrected chi connectivity index (χ0v) is 22.6. The number of aromatic nitrogens is 1. The second-order valence-corrected chi connectivity index (χ2v) is 15.1. The van der Waals surface area contributed by atoms with E-state index >= 15 is 0 Å². The predicted octanol–water partition coefficient (Wildman–Crippen LogP) is 3.31. The lowest BCUT2D eigenvalue weighted by Crippen LogP contribution is -2.53. The highest BCUT2D eigenvalue weighted by Crippen LogP contribution is 2.57. The summed E-state index contributed by atoms with van der Waals surface area (Å²) in [7, 11) is -1.71. The lowest BCUT2D eigenvalue weighted by atomic mass is 9.53. The van der Waals surface area contributed by atoms with Gasteiger partial charge < -0.3 is 15.2 Å². The van der Waals surface area contributed by atoms with Crippen LogP contribution in [0.4, 0.5) is 0 Å². The van der Waals surface area contributed by atoms with Crippen LogP contribution in [0.1, 0.15) is 75.9 Å². The molecule has 2 N–H and O–H groups in total. The van der Waals surface area contributed by atoms with Crippen LogP contribution in [0.2, 0.25) is 0 Å². The third-order valence-corrected chi connectivity index (χ3v) is 11.6. The number of carbonyl (C=O) groups is 1. The van der Waals surface area contributed by atoms with Crippen molar-refractivity contribution in [1.29, 1.82) is 0 Å². The molecule has 0 aliphatic heterocycles. The topological polar surface area (TPSA) is 106 Å². The Bertz CT molecular complexity index is 968. The zero-order chi connectivity index (χ0) is 24.8. The fraction of sp³-hybridized carbons (Fsp3) is 0.833. The number of methoxy groups -OCH3 is 1. The van der Waals surface area contributed by atoms with Crippen molar-refractivity contribution in [3.05, 3.63) is 15.6 Å². The Morgan fingerprint density at radius 2 is 2.06 bits per heavy atom. The molecule has 1 heterocycles. The number of amides is 1. The van der Waals surface area contributed by atoms with Gasteiger partial charge in [-0.2, -0.15) is 0 Å². The number of aliphatic hydroxyl groups excluding tert-OH is 1. The minimum Gasteiger partial charge on any atom is -0.392 e. The molecule has 1 saturated carbocycles. The molecule has 0 bridgehead atoms. The minimum absolute atomic E-state index is 0.00245. The Morgan fingerprint density at radius 3 is 2.67 bits per heavy atom. The van der Waals surface area contributed by atoms with Crippen LogP contribution in [-0.4, -0.2) is 55.5 Å². The maximum Gasteiger partial charge on any atom is 0.223 e. The summed E-state index contributed by atoms with van der Waals surface area (Å²) in [6, 6.07) is 0. The highest BCUT2D eigenvalue weighted by atomic mass is 32.2. The lowest BCUT2D eigenvalue weighted by Gasteiger charge is -2.53. The van der Waals surface area contributed by atoms with Crippen LogP contribution in [0.5, 0.6) is 0 Å². The monoisotopic (exact) mass is 500 g/mol. The number of ether oxygens (including phenoxy) is 1. The van der Waals surface area contributed by atoms with E-state index in [1.165, 1.54) is 11.3 Å². The molecular weight excluding hydrogens is 460 g/mol. The van der Waals surface area contributed by atoms with E-state index < -0.39 is 20.7 Å². The normalized spacial score (nSPS) is 30.9. The highest BCUT2D eigenvalue weighted by molar-refractivity contribution is 7.92. The van der Waals surface area contributed by atoms with Crippen LogP contribution in [0.15, 0.2) is 0 Å². The minimum atomic E-state index is -3.31. The third-order valence-electron chi connectivity index (χ3n) is 7.87. The van der Waals surface area contributed by atoms with E-state index in [0.29, 0.717) is 18.2 Å². The largest absolute Gasteiger partial charge is 0.392 e. The molecule has 1 fully saturated rings. The van der Waals surface area contributed by atoms with Gasteiger partial charge in [0.05, 0.1) is 23.2 Å². The Hall–Kier alpha value is -1.03. The SMILES string of the molecule is COCCNC(=O)[C@@H](C)[C@H]1CC[C@@]2(C)Cc3sc(CS(=O)(=O)C(C)(C)C)nc3[C@@H](C)[C@@H]2[C@H]1O. The van der Waals surface area contributed by atoms with Gasteiger partial charge >= 0.3 is 0 Å². The van der Waals surface area contributed by atoms with Crippen LogP contribution >= 0.6 is 11.3 Å². The van der Waals surface area contributed by atoms with Crippen molar-refractivity contribution in [2.45, 2.75) is 83.3 Å². The zero-order valence-electron chi connectivity index (χ0n) is 21.0. The number of sulfone groups is 1. The van der Waals surface area contributed by atoms with Crippen LogP contribution in [0.3, 0.4) is 0 Å². The Kier molecular flexibility index (Phi) is 7.69. The quantitative estimate of drug-likeness (QED) is 0.557. The van der Waals surface area contributed by atoms with Crippen LogP contribution in [0.25, 0.3) is 0 Å². The van der Waals surface area contributed by atoms with Crippen molar-refractivity contribution in [3.63, 3.8) is 0 Å². The average molecular weight is 501 g/mol. The molecule has 0 unspecified atom stereocenters. The van der Waals surface area contributed by atoms with Crippen molar-refractivity contribution in [2.75, 3.05) is 20.3 Å². The molecule has 1 aromatic heterocycles. The van der Waals surface area contributed by atoms with Gasteiger partial charge in [0.15, 0.2) is 9.84 Å². The Balaban J connectivity index is 1.82. The van der Waals surface area contributed by atoms with Gasteiger partial charge in [0.1, 0.15) is 10.8 Å². The maximum atomic E-state index is 12.7. The van der Waals surface area contributed by atoms with Crippen LogP contribution < -0.4 is 5.32 Å². The first-order chi connectivity index (χ1) is 15.2. The van der Waals surface area contributed by atoms with E-state index in [0.717, 1.165) is 29.8 Å². The molecule has 6 atom stereocenters. The molecule has 3 rings (SSSR count). The van der Waals surface area contributed by atoms with Crippen molar-refractivity contribution in [1.82, 2.24) is 10.3 Å². The van der Waals surface area contributed by atoms with Crippen molar-refractivity contribution in [2.24, 2.45) is 23.2 Å². The van der Waals surface area contributed by atoms with Gasteiger partial charge in [-0.1, -0.05) is 20.8 Å². The number of thiazole rings is 1. The van der Waals surface area contributed by atoms with E-state index in [2.05, 4.69) is 19.2 Å². The van der Waals surface area contributed by atoms with Gasteiger partial charge in [0, 0.05) is 30.4 Å². The molecule has 0 spiro atoms. The smallest absolute Gasteiger partial charge is 0.223 e. The molecular formula is C24H40N2O5S2. The highest BCUT2D eigenvalue weighted by Gasteiger charge is 2.54. The summed E-state index contributed by atoms with van der Waals surface area (Å²) >= 11 is 1.51. The third kappa shape index (κ3) is 5.16. The first-order valence-corrected chi connectivity index (χ1v) is 14.3. The molecule has 1 aromatic rings. The van der Waals surface area contributed by atoms with E-state index in [9.17, 15) is 18.3 Å². The number of aliphatic hydroxyl groups is 1. The summed E-state index contributed by atoms with van der Waals surface area (Å²) in [4.78, 5) is 18.6. The fourth-order valence-corrected chi connectivity index (χ4v) is 8.36. The van der Waals surface area contributed by atoms with Crippen molar-refractivity contribution in [3.8, 4) is 0 Å². The molecule has 0 radical (unpaired) electrons. The number of fused-ring (bicyclic) bond motifs is 2. The summed E-state index contributed by atoms with van der Waals surface area (Å²) in [6.45, 7) is 12.3. The molecule has 9 heteroatoms. The van der Waals surface area contributed by atoms with Gasteiger partial charge in [0.2, 0.25) is 5.91 Å². The maximum absolute atomic E-state index is 12.7. The predicted molar refractivity (Wildman–Crippen MR) is 131 cm³/mol. The van der Waals surface area contributed by atoms with E-state index in [-0.39, 0.29) is 40.7 Å². The number of hydrogen-bond donors (Lipinski definition) is 2. The first-order valence-electron chi connectivity index (χ1n) is 11.9. The molecule has 1 amide bonds. The van der Waals surface area contributed by atoms with Crippen LogP contribution in [0, 0.1) is 23.2 Å². The summed E-state index contributed by atoms with van der Waals surface area (Å²) < 4.78 is 29.7. The second-order valence-electron chi connectivity index (χ2n) is 11.2. The fourth-order valence-electron chi connectivity index (χ4n) is 5.67. The number of hydrogen-bond acceptors (Lipinski definition) is 7. The standard InChI is InChI=1S/C24H40N2O5S2/c1-14(22(28)25-10-11-31-7)16-8-9-24(6)12-17-20(15(2)19(24)21(16)27)26-18(32-17)13-33(29,30)23(3,4)5/h14-16,19,21,27H,8-13H2,1-7H3,(H,25,28)/t14-,15-,16+,19+,21-,24-/m0/s1. The van der Waals surface area contributed by atoms with Gasteiger partial charge in [0.25, 0.3) is 0 Å². The molecule has 2 aliphatic carbocycles. The van der Waals surface area contributed by atoms with Crippen molar-refractivity contribution < 1.29 is 23.1 Å². The number of rotatable bonds is 7. The van der Waals surface area contributed by atoms with Gasteiger partial charge in [-0.05, 0) is 57.3 Å². The summed E-state index contributed by atoms with van der Waals surface area (Å²) in [5.41, 5.74) is 0.833. The lowest BCUT2D eigenvalue weighted by molar-refractivity contribution is -0.135. The molecule has 188 valence electrons. The van der Waals surface area contributed by atoms with E-state index in [1.807, 2.05) is 6.92 Å². The second kappa shape index (κ2) is 9.55. The van der Waals surface area contributed by atoms with E-state index in [4.69, 9.17) is 9.72 Å². The van der Waals surface area contributed by atoms with E-state index in [1.54, 1.807) is 27.9 Å². The molecule has 2 aliphatic rings. The van der Waals surface area contributed by atoms with Gasteiger partial charge in [-0.25, -0.2) is 13.4 Å². The summed E-state index contributed by atoms with van der Waals surface area (Å²) in [5.74, 6) is -0.527. The van der Waals surface area contributed by atoms with Gasteiger partial charge in [-0.3, -0.25) is 4.79 Å². The first kappa shape index (κ1) is 26.6. The summed E-state index contributed by atoms with van der Waals surface area (Å²) in [5, 5.41) is 15.0. The van der Waals surface area contributed by atoms with Crippen LogP contribution in [-0.2, 0) is 31.5 Å². The Labute approximate surface area is 202 Å².